The third-order valence-corrected chi connectivity index (χ3v) is 2.39. The Morgan fingerprint density at radius 2 is 1.29 bits per heavy atom. The molecule has 0 aliphatic carbocycles. The maximum Gasteiger partial charge on any atom is 0.0843 e. The first-order chi connectivity index (χ1) is 6.23. The van der Waals surface area contributed by atoms with Crippen LogP contribution >= 0.6 is 0 Å². The fraction of sp³-hybridized carbons (Fsp3) is 0.538. The quantitative estimate of drug-likeness (QED) is 0.724. The molecule has 78 valence electrons. The predicted molar refractivity (Wildman–Crippen MR) is 60.4 cm³/mol. The SMILES string of the molecule is CC(C)(C)c1ccccc1C(C)(C)O. The fourth-order valence-corrected chi connectivity index (χ4v) is 1.67. The molecule has 0 aliphatic rings. The lowest BCUT2D eigenvalue weighted by Crippen LogP contribution is -2.23. The van der Waals surface area contributed by atoms with Gasteiger partial charge in [-0.3, -0.25) is 0 Å². The van der Waals surface area contributed by atoms with Crippen molar-refractivity contribution < 1.29 is 5.11 Å². The Bertz CT molecular complexity index is 280. The monoisotopic (exact) mass is 192 g/mol. The van der Waals surface area contributed by atoms with E-state index < -0.39 is 5.60 Å². The van der Waals surface area contributed by atoms with E-state index in [0.717, 1.165) is 5.56 Å². The first-order valence-electron chi connectivity index (χ1n) is 5.05. The highest BCUT2D eigenvalue weighted by atomic mass is 16.3. The summed E-state index contributed by atoms with van der Waals surface area (Å²) in [7, 11) is 0. The first kappa shape index (κ1) is 11.3. The Kier molecular flexibility index (Phi) is 2.73. The molecule has 1 heteroatoms. The molecule has 0 saturated carbocycles. The Labute approximate surface area is 86.8 Å². The lowest BCUT2D eigenvalue weighted by atomic mass is 9.79. The summed E-state index contributed by atoms with van der Waals surface area (Å²) in [5, 5.41) is 10.0. The Morgan fingerprint density at radius 1 is 0.857 bits per heavy atom. The van der Waals surface area contributed by atoms with Crippen molar-refractivity contribution in [1.82, 2.24) is 0 Å². The van der Waals surface area contributed by atoms with E-state index in [9.17, 15) is 5.11 Å². The van der Waals surface area contributed by atoms with Crippen molar-refractivity contribution in [3.8, 4) is 0 Å². The molecule has 1 rings (SSSR count). The minimum absolute atomic E-state index is 0.0800. The van der Waals surface area contributed by atoms with Crippen LogP contribution < -0.4 is 0 Å². The number of hydrogen-bond acceptors (Lipinski definition) is 1. The number of benzene rings is 1. The van der Waals surface area contributed by atoms with Gasteiger partial charge < -0.3 is 5.11 Å². The molecule has 0 fully saturated rings. The third-order valence-electron chi connectivity index (χ3n) is 2.39. The summed E-state index contributed by atoms with van der Waals surface area (Å²) in [6.45, 7) is 10.2. The average molecular weight is 192 g/mol. The standard InChI is InChI=1S/C13H20O/c1-12(2,3)10-8-6-7-9-11(10)13(4,5)14/h6-9,14H,1-5H3. The van der Waals surface area contributed by atoms with Gasteiger partial charge in [0.05, 0.1) is 5.60 Å². The van der Waals surface area contributed by atoms with Crippen molar-refractivity contribution in [2.45, 2.75) is 45.6 Å². The van der Waals surface area contributed by atoms with Crippen LogP contribution in [-0.4, -0.2) is 5.11 Å². The van der Waals surface area contributed by atoms with Gasteiger partial charge in [0.25, 0.3) is 0 Å². The summed E-state index contributed by atoms with van der Waals surface area (Å²) in [6, 6.07) is 8.09. The molecule has 14 heavy (non-hydrogen) atoms. The molecule has 0 unspecified atom stereocenters. The summed E-state index contributed by atoms with van der Waals surface area (Å²) in [6.07, 6.45) is 0. The van der Waals surface area contributed by atoms with Gasteiger partial charge in [-0.1, -0.05) is 45.0 Å². The van der Waals surface area contributed by atoms with Gasteiger partial charge >= 0.3 is 0 Å². The summed E-state index contributed by atoms with van der Waals surface area (Å²) >= 11 is 0. The van der Waals surface area contributed by atoms with E-state index in [1.807, 2.05) is 32.0 Å². The molecule has 0 spiro atoms. The normalized spacial score (nSPS) is 13.0. The molecule has 0 heterocycles. The fourth-order valence-electron chi connectivity index (χ4n) is 1.67. The van der Waals surface area contributed by atoms with Crippen molar-refractivity contribution in [3.63, 3.8) is 0 Å². The summed E-state index contributed by atoms with van der Waals surface area (Å²) in [4.78, 5) is 0. The zero-order valence-corrected chi connectivity index (χ0v) is 9.76. The highest BCUT2D eigenvalue weighted by Gasteiger charge is 2.25. The van der Waals surface area contributed by atoms with Crippen LogP contribution in [0.15, 0.2) is 24.3 Å². The van der Waals surface area contributed by atoms with E-state index in [2.05, 4.69) is 26.8 Å². The van der Waals surface area contributed by atoms with Crippen molar-refractivity contribution >= 4 is 0 Å². The van der Waals surface area contributed by atoms with Crippen molar-refractivity contribution in [3.05, 3.63) is 35.4 Å². The lowest BCUT2D eigenvalue weighted by Gasteiger charge is -2.28. The van der Waals surface area contributed by atoms with Gasteiger partial charge in [0.2, 0.25) is 0 Å². The number of hydrogen-bond donors (Lipinski definition) is 1. The summed E-state index contributed by atoms with van der Waals surface area (Å²) < 4.78 is 0. The zero-order chi connectivity index (χ0) is 11.0. The van der Waals surface area contributed by atoms with Crippen LogP contribution in [0, 0.1) is 0 Å². The first-order valence-corrected chi connectivity index (χ1v) is 5.05. The molecule has 0 aliphatic heterocycles. The van der Waals surface area contributed by atoms with Crippen LogP contribution in [0.25, 0.3) is 0 Å². The molecule has 0 radical (unpaired) electrons. The maximum absolute atomic E-state index is 10.0. The van der Waals surface area contributed by atoms with Crippen LogP contribution in [0.5, 0.6) is 0 Å². The van der Waals surface area contributed by atoms with Gasteiger partial charge in [-0.05, 0) is 30.4 Å². The van der Waals surface area contributed by atoms with Crippen molar-refractivity contribution in [2.24, 2.45) is 0 Å². The lowest BCUT2D eigenvalue weighted by molar-refractivity contribution is 0.0766. The van der Waals surface area contributed by atoms with Gasteiger partial charge in [0, 0.05) is 0 Å². The second-order valence-electron chi connectivity index (χ2n) is 5.35. The second-order valence-corrected chi connectivity index (χ2v) is 5.35. The molecule has 0 aromatic heterocycles. The molecule has 0 saturated heterocycles. The van der Waals surface area contributed by atoms with E-state index in [1.54, 1.807) is 0 Å². The summed E-state index contributed by atoms with van der Waals surface area (Å²) in [5.41, 5.74) is 1.56. The minimum Gasteiger partial charge on any atom is -0.386 e. The molecule has 1 N–H and O–H groups in total. The highest BCUT2D eigenvalue weighted by molar-refractivity contribution is 5.36. The van der Waals surface area contributed by atoms with Crippen LogP contribution in [0.3, 0.4) is 0 Å². The van der Waals surface area contributed by atoms with Gasteiger partial charge in [0.1, 0.15) is 0 Å². The van der Waals surface area contributed by atoms with E-state index in [-0.39, 0.29) is 5.41 Å². The molecular weight excluding hydrogens is 172 g/mol. The van der Waals surface area contributed by atoms with E-state index in [0.29, 0.717) is 0 Å². The minimum atomic E-state index is -0.760. The number of rotatable bonds is 1. The van der Waals surface area contributed by atoms with E-state index >= 15 is 0 Å². The molecule has 0 atom stereocenters. The molecular formula is C13H20O. The van der Waals surface area contributed by atoms with Gasteiger partial charge in [-0.15, -0.1) is 0 Å². The molecule has 1 aromatic rings. The Balaban J connectivity index is 3.31. The smallest absolute Gasteiger partial charge is 0.0843 e. The van der Waals surface area contributed by atoms with E-state index in [1.165, 1.54) is 5.56 Å². The molecule has 0 amide bonds. The van der Waals surface area contributed by atoms with Crippen molar-refractivity contribution in [2.75, 3.05) is 0 Å². The van der Waals surface area contributed by atoms with Crippen LogP contribution in [0.1, 0.15) is 45.7 Å². The maximum atomic E-state index is 10.0. The Hall–Kier alpha value is -0.820. The Morgan fingerprint density at radius 3 is 1.57 bits per heavy atom. The van der Waals surface area contributed by atoms with Gasteiger partial charge in [-0.2, -0.15) is 0 Å². The average Bonchev–Trinajstić information content (AvgIpc) is 2.01. The second kappa shape index (κ2) is 3.39. The third kappa shape index (κ3) is 2.36. The van der Waals surface area contributed by atoms with Crippen LogP contribution in [0.4, 0.5) is 0 Å². The van der Waals surface area contributed by atoms with Gasteiger partial charge in [0.15, 0.2) is 0 Å². The zero-order valence-electron chi connectivity index (χ0n) is 9.76. The molecule has 1 nitrogen and oxygen atoms in total. The van der Waals surface area contributed by atoms with Crippen molar-refractivity contribution in [1.29, 1.82) is 0 Å². The van der Waals surface area contributed by atoms with Crippen LogP contribution in [0.2, 0.25) is 0 Å². The molecule has 1 aromatic carbocycles. The molecule has 0 bridgehead atoms. The largest absolute Gasteiger partial charge is 0.386 e. The summed E-state index contributed by atoms with van der Waals surface area (Å²) in [5.74, 6) is 0. The highest BCUT2D eigenvalue weighted by Crippen LogP contribution is 2.32. The van der Waals surface area contributed by atoms with Crippen LogP contribution in [-0.2, 0) is 11.0 Å². The topological polar surface area (TPSA) is 20.2 Å². The van der Waals surface area contributed by atoms with E-state index in [4.69, 9.17) is 0 Å². The predicted octanol–water partition coefficient (Wildman–Crippen LogP) is 3.21. The van der Waals surface area contributed by atoms with Gasteiger partial charge in [-0.25, -0.2) is 0 Å². The number of aliphatic hydroxyl groups is 1.